The summed E-state index contributed by atoms with van der Waals surface area (Å²) in [5.74, 6) is 0.922. The number of unbranched alkanes of at least 4 members (excludes halogenated alkanes) is 1. The highest BCUT2D eigenvalue weighted by molar-refractivity contribution is 7.09. The van der Waals surface area contributed by atoms with E-state index in [4.69, 9.17) is 15.2 Å². The fraction of sp³-hybridized carbons (Fsp3) is 0.412. The molecule has 0 fully saturated rings. The van der Waals surface area contributed by atoms with E-state index >= 15 is 0 Å². The quantitative estimate of drug-likeness (QED) is 0.760. The normalized spacial score (nSPS) is 11.8. The van der Waals surface area contributed by atoms with Crippen LogP contribution in [0.5, 0.6) is 11.5 Å². The molecule has 2 aromatic rings. The molecule has 0 radical (unpaired) electrons. The smallest absolute Gasteiger partial charge is 0.275 e. The molecule has 7 heteroatoms. The number of carbonyl (C=O) groups excluding carboxylic acids is 1. The molecular weight excluding hydrogens is 326 g/mol. The summed E-state index contributed by atoms with van der Waals surface area (Å²) in [4.78, 5) is 16.7. The average molecular weight is 349 g/mol. The van der Waals surface area contributed by atoms with Crippen molar-refractivity contribution in [2.24, 2.45) is 5.73 Å². The molecule has 0 aliphatic carbocycles. The number of methoxy groups -OCH3 is 2. The summed E-state index contributed by atoms with van der Waals surface area (Å²) < 4.78 is 10.4. The van der Waals surface area contributed by atoms with E-state index in [1.54, 1.807) is 37.8 Å². The van der Waals surface area contributed by atoms with Crippen molar-refractivity contribution in [3.05, 3.63) is 34.3 Å². The molecule has 0 aliphatic rings. The van der Waals surface area contributed by atoms with E-state index in [9.17, 15) is 4.79 Å². The van der Waals surface area contributed by atoms with E-state index in [2.05, 4.69) is 17.2 Å². The number of anilines is 1. The Bertz CT molecular complexity index is 665. The number of nitrogens with two attached hydrogens (primary N) is 1. The van der Waals surface area contributed by atoms with Crippen LogP contribution in [0.1, 0.15) is 47.7 Å². The number of carbonyl (C=O) groups is 1. The van der Waals surface area contributed by atoms with Crippen LogP contribution in [-0.2, 0) is 0 Å². The minimum Gasteiger partial charge on any atom is -0.497 e. The zero-order chi connectivity index (χ0) is 17.5. The van der Waals surface area contributed by atoms with Crippen LogP contribution in [0.4, 0.5) is 5.69 Å². The number of hydrogen-bond acceptors (Lipinski definition) is 6. The summed E-state index contributed by atoms with van der Waals surface area (Å²) in [6, 6.07) is 5.07. The van der Waals surface area contributed by atoms with Gasteiger partial charge in [-0.3, -0.25) is 4.79 Å². The van der Waals surface area contributed by atoms with Gasteiger partial charge in [0.2, 0.25) is 0 Å². The SMILES string of the molecule is CCCCC(N)c1nc(C(=O)Nc2cc(OC)cc(OC)c2)cs1. The fourth-order valence-corrected chi connectivity index (χ4v) is 3.02. The number of thiazole rings is 1. The first-order chi connectivity index (χ1) is 11.6. The van der Waals surface area contributed by atoms with Crippen LogP contribution in [0.2, 0.25) is 0 Å². The summed E-state index contributed by atoms with van der Waals surface area (Å²) in [6.07, 6.45) is 3.01. The summed E-state index contributed by atoms with van der Waals surface area (Å²) >= 11 is 1.42. The number of nitrogens with zero attached hydrogens (tertiary/aromatic N) is 1. The Kier molecular flexibility index (Phi) is 6.57. The zero-order valence-electron chi connectivity index (χ0n) is 14.2. The Morgan fingerprint density at radius 3 is 2.54 bits per heavy atom. The molecule has 1 unspecified atom stereocenters. The van der Waals surface area contributed by atoms with E-state index in [1.165, 1.54) is 11.3 Å². The van der Waals surface area contributed by atoms with Crippen molar-refractivity contribution in [2.45, 2.75) is 32.2 Å². The van der Waals surface area contributed by atoms with E-state index in [-0.39, 0.29) is 11.9 Å². The first-order valence-electron chi connectivity index (χ1n) is 7.82. The number of amides is 1. The maximum Gasteiger partial charge on any atom is 0.275 e. The average Bonchev–Trinajstić information content (AvgIpc) is 3.09. The van der Waals surface area contributed by atoms with Crippen molar-refractivity contribution in [2.75, 3.05) is 19.5 Å². The standard InChI is InChI=1S/C17H23N3O3S/c1-4-5-6-14(18)17-20-15(10-24-17)16(21)19-11-7-12(22-2)9-13(8-11)23-3/h7-10,14H,4-6,18H2,1-3H3,(H,19,21). The first kappa shape index (κ1) is 18.2. The van der Waals surface area contributed by atoms with Gasteiger partial charge >= 0.3 is 0 Å². The molecule has 1 amide bonds. The van der Waals surface area contributed by atoms with Gasteiger partial charge in [-0.25, -0.2) is 4.98 Å². The molecule has 130 valence electrons. The van der Waals surface area contributed by atoms with Crippen molar-refractivity contribution in [3.8, 4) is 11.5 Å². The van der Waals surface area contributed by atoms with Gasteiger partial charge in [0.15, 0.2) is 0 Å². The Hall–Kier alpha value is -2.12. The molecular formula is C17H23N3O3S. The summed E-state index contributed by atoms with van der Waals surface area (Å²) in [6.45, 7) is 2.12. The monoisotopic (exact) mass is 349 g/mol. The topological polar surface area (TPSA) is 86.5 Å². The van der Waals surface area contributed by atoms with Crippen LogP contribution in [0.3, 0.4) is 0 Å². The molecule has 3 N–H and O–H groups in total. The molecule has 0 saturated heterocycles. The molecule has 1 heterocycles. The second-order valence-electron chi connectivity index (χ2n) is 5.38. The summed E-state index contributed by atoms with van der Waals surface area (Å²) in [5, 5.41) is 5.33. The van der Waals surface area contributed by atoms with Crippen molar-refractivity contribution in [3.63, 3.8) is 0 Å². The van der Waals surface area contributed by atoms with Crippen LogP contribution in [0.25, 0.3) is 0 Å². The van der Waals surface area contributed by atoms with Gasteiger partial charge in [-0.1, -0.05) is 19.8 Å². The molecule has 0 saturated carbocycles. The molecule has 1 aromatic carbocycles. The molecule has 0 spiro atoms. The Labute approximate surface area is 146 Å². The molecule has 1 atom stereocenters. The minimum atomic E-state index is -0.282. The van der Waals surface area contributed by atoms with Gasteiger partial charge in [0.1, 0.15) is 22.2 Å². The summed E-state index contributed by atoms with van der Waals surface area (Å²) in [5.41, 5.74) is 7.05. The zero-order valence-corrected chi connectivity index (χ0v) is 15.0. The Balaban J connectivity index is 2.09. The lowest BCUT2D eigenvalue weighted by atomic mass is 10.1. The molecule has 6 nitrogen and oxygen atoms in total. The van der Waals surface area contributed by atoms with Gasteiger partial charge < -0.3 is 20.5 Å². The lowest BCUT2D eigenvalue weighted by Gasteiger charge is -2.09. The summed E-state index contributed by atoms with van der Waals surface area (Å²) in [7, 11) is 3.12. The lowest BCUT2D eigenvalue weighted by molar-refractivity contribution is 0.102. The number of rotatable bonds is 8. The van der Waals surface area contributed by atoms with Crippen molar-refractivity contribution >= 4 is 22.9 Å². The van der Waals surface area contributed by atoms with Crippen LogP contribution in [0, 0.1) is 0 Å². The van der Waals surface area contributed by atoms with Crippen molar-refractivity contribution < 1.29 is 14.3 Å². The van der Waals surface area contributed by atoms with Crippen molar-refractivity contribution in [1.29, 1.82) is 0 Å². The largest absolute Gasteiger partial charge is 0.497 e. The maximum atomic E-state index is 12.4. The Morgan fingerprint density at radius 2 is 1.96 bits per heavy atom. The fourth-order valence-electron chi connectivity index (χ4n) is 2.18. The van der Waals surface area contributed by atoms with Gasteiger partial charge in [-0.15, -0.1) is 11.3 Å². The Morgan fingerprint density at radius 1 is 1.29 bits per heavy atom. The second kappa shape index (κ2) is 8.65. The van der Waals surface area contributed by atoms with Crippen LogP contribution < -0.4 is 20.5 Å². The highest BCUT2D eigenvalue weighted by Crippen LogP contribution is 2.26. The number of nitrogens with one attached hydrogen (secondary N) is 1. The number of benzene rings is 1. The highest BCUT2D eigenvalue weighted by Gasteiger charge is 2.15. The predicted octanol–water partition coefficient (Wildman–Crippen LogP) is 3.60. The van der Waals surface area contributed by atoms with Gasteiger partial charge in [-0.2, -0.15) is 0 Å². The molecule has 24 heavy (non-hydrogen) atoms. The van der Waals surface area contributed by atoms with Crippen molar-refractivity contribution in [1.82, 2.24) is 4.98 Å². The lowest BCUT2D eigenvalue weighted by Crippen LogP contribution is -2.14. The molecule has 0 aliphatic heterocycles. The minimum absolute atomic E-state index is 0.117. The van der Waals surface area contributed by atoms with Crippen LogP contribution in [-0.4, -0.2) is 25.1 Å². The highest BCUT2D eigenvalue weighted by atomic mass is 32.1. The van der Waals surface area contributed by atoms with Gasteiger partial charge in [0.05, 0.1) is 20.3 Å². The number of hydrogen-bond donors (Lipinski definition) is 2. The van der Waals surface area contributed by atoms with E-state index in [0.717, 1.165) is 24.3 Å². The van der Waals surface area contributed by atoms with E-state index < -0.39 is 0 Å². The van der Waals surface area contributed by atoms with Crippen LogP contribution in [0.15, 0.2) is 23.6 Å². The first-order valence-corrected chi connectivity index (χ1v) is 8.70. The third kappa shape index (κ3) is 4.69. The predicted molar refractivity (Wildman–Crippen MR) is 96.1 cm³/mol. The molecule has 1 aromatic heterocycles. The third-order valence-corrected chi connectivity index (χ3v) is 4.53. The van der Waals surface area contributed by atoms with E-state index in [0.29, 0.717) is 22.9 Å². The molecule has 2 rings (SSSR count). The number of aromatic nitrogens is 1. The van der Waals surface area contributed by atoms with E-state index in [1.807, 2.05) is 0 Å². The third-order valence-electron chi connectivity index (χ3n) is 3.55. The molecule has 0 bridgehead atoms. The van der Waals surface area contributed by atoms with Gasteiger partial charge in [0, 0.05) is 29.3 Å². The van der Waals surface area contributed by atoms with Crippen LogP contribution >= 0.6 is 11.3 Å². The van der Waals surface area contributed by atoms with Gasteiger partial charge in [0.25, 0.3) is 5.91 Å². The van der Waals surface area contributed by atoms with Gasteiger partial charge in [-0.05, 0) is 6.42 Å². The number of ether oxygens (including phenoxy) is 2. The second-order valence-corrected chi connectivity index (χ2v) is 6.26. The maximum absolute atomic E-state index is 12.4.